The third kappa shape index (κ3) is 44.2. The van der Waals surface area contributed by atoms with Crippen molar-refractivity contribution in [2.75, 3.05) is 13.2 Å². The Morgan fingerprint density at radius 3 is 1.14 bits per heavy atom. The molecular formula is C53H78O6. The molecule has 0 heterocycles. The van der Waals surface area contributed by atoms with Crippen LogP contribution in [-0.2, 0) is 28.6 Å². The molecule has 0 spiro atoms. The molecule has 0 bridgehead atoms. The van der Waals surface area contributed by atoms with Crippen molar-refractivity contribution < 1.29 is 28.6 Å². The van der Waals surface area contributed by atoms with Crippen LogP contribution in [-0.4, -0.2) is 37.2 Å². The quantitative estimate of drug-likeness (QED) is 0.0269. The van der Waals surface area contributed by atoms with Gasteiger partial charge in [0.1, 0.15) is 13.2 Å². The van der Waals surface area contributed by atoms with Crippen molar-refractivity contribution in [2.24, 2.45) is 0 Å². The summed E-state index contributed by atoms with van der Waals surface area (Å²) in [5, 5.41) is 0. The van der Waals surface area contributed by atoms with Crippen molar-refractivity contribution in [2.45, 2.75) is 155 Å². The first-order valence-electron chi connectivity index (χ1n) is 22.3. The minimum Gasteiger partial charge on any atom is -0.462 e. The second-order valence-corrected chi connectivity index (χ2v) is 13.8. The highest BCUT2D eigenvalue weighted by atomic mass is 16.6. The van der Waals surface area contributed by atoms with Crippen molar-refractivity contribution in [1.29, 1.82) is 0 Å². The zero-order chi connectivity index (χ0) is 43.0. The van der Waals surface area contributed by atoms with Crippen LogP contribution < -0.4 is 0 Å². The van der Waals surface area contributed by atoms with E-state index in [0.29, 0.717) is 12.8 Å². The summed E-state index contributed by atoms with van der Waals surface area (Å²) in [7, 11) is 0. The van der Waals surface area contributed by atoms with Crippen molar-refractivity contribution in [1.82, 2.24) is 0 Å². The van der Waals surface area contributed by atoms with E-state index in [1.54, 1.807) is 6.08 Å². The molecule has 326 valence electrons. The standard InChI is InChI=1S/C53H78O6/c1-4-7-10-13-16-19-22-25-26-29-31-34-37-40-43-46-52(55)58-49-50(59-53(56)47-44-41-38-35-32-28-24-21-18-15-12-9-6-3)48-57-51(54)45-42-39-36-33-30-27-23-20-17-14-11-8-5-2/h7-12,16-21,25-28,30-32,34,38,40-41,43,50H,4-6,13-15,22-24,29,33,35-37,39,42,44-49H2,1-3H3/b10-7-,11-8-,12-9-,19-16-,20-17-,21-18-,26-25-,30-27-,32-28-,34-31-,41-38-,43-40-. The number of rotatable bonds is 37. The first-order valence-corrected chi connectivity index (χ1v) is 22.3. The third-order valence-electron chi connectivity index (χ3n) is 8.37. The Bertz CT molecular complexity index is 1390. The van der Waals surface area contributed by atoms with E-state index in [1.165, 1.54) is 0 Å². The maximum absolute atomic E-state index is 12.7. The van der Waals surface area contributed by atoms with Gasteiger partial charge < -0.3 is 14.2 Å². The van der Waals surface area contributed by atoms with E-state index in [4.69, 9.17) is 14.2 Å². The van der Waals surface area contributed by atoms with Crippen LogP contribution in [0.5, 0.6) is 0 Å². The Labute approximate surface area is 359 Å². The Kier molecular flexibility index (Phi) is 42.3. The predicted molar refractivity (Wildman–Crippen MR) is 251 cm³/mol. The lowest BCUT2D eigenvalue weighted by Gasteiger charge is -2.18. The van der Waals surface area contributed by atoms with E-state index in [9.17, 15) is 14.4 Å². The maximum atomic E-state index is 12.7. The second kappa shape index (κ2) is 46.0. The molecule has 1 atom stereocenters. The number of esters is 3. The first-order chi connectivity index (χ1) is 29.0. The molecule has 0 aromatic rings. The third-order valence-corrected chi connectivity index (χ3v) is 8.37. The number of carbonyl (C=O) groups excluding carboxylic acids is 3. The average Bonchev–Trinajstić information content (AvgIpc) is 3.23. The van der Waals surface area contributed by atoms with Crippen molar-refractivity contribution in [3.05, 3.63) is 146 Å². The molecule has 6 nitrogen and oxygen atoms in total. The fourth-order valence-corrected chi connectivity index (χ4v) is 5.13. The molecule has 0 fully saturated rings. The zero-order valence-corrected chi connectivity index (χ0v) is 36.9. The number of ether oxygens (including phenoxy) is 3. The number of hydrogen-bond acceptors (Lipinski definition) is 6. The van der Waals surface area contributed by atoms with Gasteiger partial charge in [0.05, 0.1) is 6.42 Å². The molecule has 0 aliphatic rings. The van der Waals surface area contributed by atoms with E-state index in [0.717, 1.165) is 96.3 Å². The van der Waals surface area contributed by atoms with Gasteiger partial charge in [0, 0.05) is 12.8 Å². The van der Waals surface area contributed by atoms with Gasteiger partial charge in [0.15, 0.2) is 6.10 Å². The molecule has 0 rings (SSSR count). The Hall–Kier alpha value is -4.71. The largest absolute Gasteiger partial charge is 0.462 e. The van der Waals surface area contributed by atoms with Crippen LogP contribution in [0.4, 0.5) is 0 Å². The van der Waals surface area contributed by atoms with E-state index in [-0.39, 0.29) is 38.4 Å². The van der Waals surface area contributed by atoms with E-state index >= 15 is 0 Å². The highest BCUT2D eigenvalue weighted by molar-refractivity contribution is 5.72. The lowest BCUT2D eigenvalue weighted by Crippen LogP contribution is -2.30. The Morgan fingerprint density at radius 2 is 0.712 bits per heavy atom. The average molecular weight is 811 g/mol. The summed E-state index contributed by atoms with van der Waals surface area (Å²) in [4.78, 5) is 37.7. The number of unbranched alkanes of at least 4 members (excludes halogenated alkanes) is 3. The Morgan fingerprint density at radius 1 is 0.356 bits per heavy atom. The molecular weight excluding hydrogens is 733 g/mol. The van der Waals surface area contributed by atoms with Crippen LogP contribution in [0.2, 0.25) is 0 Å². The monoisotopic (exact) mass is 811 g/mol. The van der Waals surface area contributed by atoms with Crippen LogP contribution >= 0.6 is 0 Å². The Balaban J connectivity index is 4.70. The summed E-state index contributed by atoms with van der Waals surface area (Å²) < 4.78 is 16.5. The fourth-order valence-electron chi connectivity index (χ4n) is 5.13. The van der Waals surface area contributed by atoms with Crippen LogP contribution in [0, 0.1) is 0 Å². The molecule has 59 heavy (non-hydrogen) atoms. The van der Waals surface area contributed by atoms with Crippen molar-refractivity contribution >= 4 is 17.9 Å². The second-order valence-electron chi connectivity index (χ2n) is 13.8. The normalized spacial score (nSPS) is 13.5. The van der Waals surface area contributed by atoms with Crippen LogP contribution in [0.1, 0.15) is 149 Å². The minimum atomic E-state index is -0.872. The molecule has 0 aromatic carbocycles. The summed E-state index contributed by atoms with van der Waals surface area (Å²) in [5.41, 5.74) is 0. The molecule has 0 amide bonds. The fraction of sp³-hybridized carbons (Fsp3) is 0.491. The molecule has 0 aromatic heterocycles. The highest BCUT2D eigenvalue weighted by Gasteiger charge is 2.19. The minimum absolute atomic E-state index is 0.0995. The SMILES string of the molecule is CC/C=C\C/C=C\C/C=C\C/C=C\C/C=C\CC(=O)OCC(COC(=O)CCCCC/C=C\C/C=C\C/C=C\CC)OC(=O)CC/C=C\C/C=C\C/C=C\C/C=C\CC. The molecule has 0 aliphatic carbocycles. The summed E-state index contributed by atoms with van der Waals surface area (Å²) in [6.07, 6.45) is 65.8. The maximum Gasteiger partial charge on any atom is 0.309 e. The lowest BCUT2D eigenvalue weighted by molar-refractivity contribution is -0.166. The number of carbonyl (C=O) groups is 3. The summed E-state index contributed by atoms with van der Waals surface area (Å²) in [6, 6.07) is 0. The van der Waals surface area contributed by atoms with Crippen LogP contribution in [0.15, 0.2) is 146 Å². The van der Waals surface area contributed by atoms with Crippen molar-refractivity contribution in [3.8, 4) is 0 Å². The summed E-state index contributed by atoms with van der Waals surface area (Å²) in [6.45, 7) is 6.06. The number of hydrogen-bond donors (Lipinski definition) is 0. The van der Waals surface area contributed by atoms with Crippen LogP contribution in [0.3, 0.4) is 0 Å². The molecule has 6 heteroatoms. The number of allylic oxidation sites excluding steroid dienone is 23. The van der Waals surface area contributed by atoms with Gasteiger partial charge in [-0.25, -0.2) is 0 Å². The summed E-state index contributed by atoms with van der Waals surface area (Å²) in [5.74, 6) is -1.22. The van der Waals surface area contributed by atoms with Gasteiger partial charge in [-0.05, 0) is 103 Å². The first kappa shape index (κ1) is 54.3. The smallest absolute Gasteiger partial charge is 0.309 e. The molecule has 0 aliphatic heterocycles. The van der Waals surface area contributed by atoms with E-state index < -0.39 is 18.0 Å². The lowest BCUT2D eigenvalue weighted by atomic mass is 10.1. The van der Waals surface area contributed by atoms with Gasteiger partial charge in [-0.2, -0.15) is 0 Å². The van der Waals surface area contributed by atoms with Crippen molar-refractivity contribution in [3.63, 3.8) is 0 Å². The van der Waals surface area contributed by atoms with Gasteiger partial charge >= 0.3 is 17.9 Å². The van der Waals surface area contributed by atoms with Gasteiger partial charge in [-0.15, -0.1) is 0 Å². The topological polar surface area (TPSA) is 78.9 Å². The van der Waals surface area contributed by atoms with Gasteiger partial charge in [-0.3, -0.25) is 14.4 Å². The predicted octanol–water partition coefficient (Wildman–Crippen LogP) is 14.5. The zero-order valence-electron chi connectivity index (χ0n) is 36.9. The molecule has 0 saturated carbocycles. The van der Waals surface area contributed by atoms with E-state index in [1.807, 2.05) is 18.2 Å². The molecule has 1 unspecified atom stereocenters. The molecule has 0 radical (unpaired) electrons. The van der Waals surface area contributed by atoms with Gasteiger partial charge in [-0.1, -0.05) is 173 Å². The van der Waals surface area contributed by atoms with E-state index in [2.05, 4.69) is 142 Å². The van der Waals surface area contributed by atoms with Gasteiger partial charge in [0.2, 0.25) is 0 Å². The van der Waals surface area contributed by atoms with Gasteiger partial charge in [0.25, 0.3) is 0 Å². The highest BCUT2D eigenvalue weighted by Crippen LogP contribution is 2.08. The molecule has 0 N–H and O–H groups in total. The van der Waals surface area contributed by atoms with Crippen LogP contribution in [0.25, 0.3) is 0 Å². The summed E-state index contributed by atoms with van der Waals surface area (Å²) >= 11 is 0. The molecule has 0 saturated heterocycles.